The fourth-order valence-corrected chi connectivity index (χ4v) is 3.42. The molecule has 2 aromatic carbocycles. The number of para-hydroxylation sites is 1. The minimum Gasteiger partial charge on any atom is -0.507 e. The smallest absolute Gasteiger partial charge is 0.416 e. The lowest BCUT2D eigenvalue weighted by molar-refractivity contribution is -0.139. The summed E-state index contributed by atoms with van der Waals surface area (Å²) in [5.74, 6) is -0.844. The molecule has 4 nitrogen and oxygen atoms in total. The molecule has 0 fully saturated rings. The summed E-state index contributed by atoms with van der Waals surface area (Å²) in [5, 5.41) is 11.4. The van der Waals surface area contributed by atoms with Crippen LogP contribution in [0.1, 0.15) is 36.1 Å². The van der Waals surface area contributed by atoms with E-state index in [-0.39, 0.29) is 24.5 Å². The number of ether oxygens (including phenoxy) is 1. The predicted octanol–water partition coefficient (Wildman–Crippen LogP) is 5.87. The lowest BCUT2D eigenvalue weighted by Gasteiger charge is -2.12. The van der Waals surface area contributed by atoms with E-state index >= 15 is 0 Å². The first-order valence-corrected chi connectivity index (χ1v) is 9.44. The van der Waals surface area contributed by atoms with Gasteiger partial charge >= 0.3 is 12.1 Å². The number of rotatable bonds is 5. The maximum absolute atomic E-state index is 13.2. The van der Waals surface area contributed by atoms with Crippen molar-refractivity contribution >= 4 is 22.6 Å². The Kier molecular flexibility index (Phi) is 5.92. The van der Waals surface area contributed by atoms with Gasteiger partial charge < -0.3 is 14.4 Å². The Labute approximate surface area is 172 Å². The number of carbonyl (C=O) groups is 1. The summed E-state index contributed by atoms with van der Waals surface area (Å²) in [5.41, 5.74) is 1.51. The summed E-state index contributed by atoms with van der Waals surface area (Å²) in [6, 6.07) is 11.1. The molecule has 0 spiro atoms. The van der Waals surface area contributed by atoms with Gasteiger partial charge in [0.2, 0.25) is 0 Å². The van der Waals surface area contributed by atoms with Crippen LogP contribution in [0.15, 0.2) is 54.2 Å². The second-order valence-electron chi connectivity index (χ2n) is 7.09. The zero-order chi connectivity index (χ0) is 22.1. The van der Waals surface area contributed by atoms with Crippen molar-refractivity contribution in [2.24, 2.45) is 0 Å². The van der Waals surface area contributed by atoms with Crippen LogP contribution in [0, 0.1) is 6.92 Å². The Bertz CT molecular complexity index is 1130. The van der Waals surface area contributed by atoms with E-state index in [1.807, 2.05) is 6.07 Å². The number of hydrogen-bond donors (Lipinski definition) is 1. The van der Waals surface area contributed by atoms with Gasteiger partial charge in [0.25, 0.3) is 0 Å². The highest BCUT2D eigenvalue weighted by atomic mass is 19.4. The first kappa shape index (κ1) is 21.5. The molecular weight excluding hydrogens is 395 g/mol. The minimum absolute atomic E-state index is 0.0645. The van der Waals surface area contributed by atoms with Gasteiger partial charge in [-0.25, -0.2) is 4.79 Å². The first-order valence-electron chi connectivity index (χ1n) is 9.44. The number of halogens is 3. The third kappa shape index (κ3) is 4.35. The van der Waals surface area contributed by atoms with Crippen molar-refractivity contribution in [3.05, 3.63) is 76.5 Å². The Morgan fingerprint density at radius 1 is 1.17 bits per heavy atom. The van der Waals surface area contributed by atoms with Crippen LogP contribution in [0.4, 0.5) is 13.2 Å². The van der Waals surface area contributed by atoms with Crippen molar-refractivity contribution in [2.45, 2.75) is 33.5 Å². The average molecular weight is 417 g/mol. The van der Waals surface area contributed by atoms with Gasteiger partial charge in [-0.05, 0) is 44.5 Å². The van der Waals surface area contributed by atoms with Crippen LogP contribution in [-0.4, -0.2) is 22.2 Å². The first-order chi connectivity index (χ1) is 14.1. The van der Waals surface area contributed by atoms with E-state index in [4.69, 9.17) is 4.74 Å². The summed E-state index contributed by atoms with van der Waals surface area (Å²) < 4.78 is 46.3. The molecule has 3 rings (SSSR count). The molecule has 0 saturated heterocycles. The Balaban J connectivity index is 2.09. The van der Waals surface area contributed by atoms with E-state index in [0.29, 0.717) is 22.1 Å². The lowest BCUT2D eigenvalue weighted by atomic mass is 10.1. The third-order valence-electron chi connectivity index (χ3n) is 4.80. The molecule has 0 aliphatic carbocycles. The van der Waals surface area contributed by atoms with Gasteiger partial charge in [-0.1, -0.05) is 29.8 Å². The van der Waals surface area contributed by atoms with E-state index in [1.165, 1.54) is 6.92 Å². The summed E-state index contributed by atoms with van der Waals surface area (Å²) >= 11 is 0. The standard InChI is InChI=1S/C23H22F3NO3/c1-4-30-22(29)15(3)21(28)19-13-27(20-8-6-5-7-18(19)20)12-16-9-14(2)10-17(11-16)23(24,25)26/h5-11,13,28H,4,12H2,1-3H3/b21-15-. The second-order valence-corrected chi connectivity index (χ2v) is 7.09. The molecule has 0 unspecified atom stereocenters. The van der Waals surface area contributed by atoms with Gasteiger partial charge in [-0.2, -0.15) is 13.2 Å². The fraction of sp³-hybridized carbons (Fsp3) is 0.261. The van der Waals surface area contributed by atoms with Gasteiger partial charge in [0.1, 0.15) is 5.76 Å². The van der Waals surface area contributed by atoms with E-state index < -0.39 is 17.7 Å². The second kappa shape index (κ2) is 8.26. The number of carbonyl (C=O) groups excluding carboxylic acids is 1. The van der Waals surface area contributed by atoms with Crippen molar-refractivity contribution in [1.82, 2.24) is 4.57 Å². The molecular formula is C23H22F3NO3. The largest absolute Gasteiger partial charge is 0.507 e. The number of aromatic nitrogens is 1. The highest BCUT2D eigenvalue weighted by Gasteiger charge is 2.31. The van der Waals surface area contributed by atoms with Crippen LogP contribution in [0.2, 0.25) is 0 Å². The molecule has 0 bridgehead atoms. The molecule has 1 aromatic heterocycles. The molecule has 158 valence electrons. The van der Waals surface area contributed by atoms with Crippen LogP contribution in [0.3, 0.4) is 0 Å². The van der Waals surface area contributed by atoms with Crippen LogP contribution in [-0.2, 0) is 22.3 Å². The zero-order valence-corrected chi connectivity index (χ0v) is 16.9. The number of fused-ring (bicyclic) bond motifs is 1. The molecule has 1 heterocycles. The molecule has 0 atom stereocenters. The lowest BCUT2D eigenvalue weighted by Crippen LogP contribution is -2.08. The van der Waals surface area contributed by atoms with Gasteiger partial charge in [0.15, 0.2) is 0 Å². The van der Waals surface area contributed by atoms with Crippen molar-refractivity contribution in [3.8, 4) is 0 Å². The van der Waals surface area contributed by atoms with Crippen molar-refractivity contribution in [3.63, 3.8) is 0 Å². The average Bonchev–Trinajstić information content (AvgIpc) is 3.04. The zero-order valence-electron chi connectivity index (χ0n) is 16.9. The van der Waals surface area contributed by atoms with Crippen LogP contribution in [0.25, 0.3) is 16.7 Å². The van der Waals surface area contributed by atoms with Crippen LogP contribution >= 0.6 is 0 Å². The van der Waals surface area contributed by atoms with Gasteiger partial charge in [-0.15, -0.1) is 0 Å². The van der Waals surface area contributed by atoms with Crippen LogP contribution < -0.4 is 0 Å². The maximum atomic E-state index is 13.2. The summed E-state index contributed by atoms with van der Waals surface area (Å²) in [7, 11) is 0. The fourth-order valence-electron chi connectivity index (χ4n) is 3.42. The topological polar surface area (TPSA) is 51.5 Å². The number of hydrogen-bond acceptors (Lipinski definition) is 3. The van der Waals surface area contributed by atoms with Gasteiger partial charge in [0, 0.05) is 29.2 Å². The van der Waals surface area contributed by atoms with E-state index in [0.717, 1.165) is 17.6 Å². The Morgan fingerprint density at radius 2 is 1.87 bits per heavy atom. The highest BCUT2D eigenvalue weighted by molar-refractivity contribution is 6.00. The van der Waals surface area contributed by atoms with E-state index in [1.54, 1.807) is 48.9 Å². The summed E-state index contributed by atoms with van der Waals surface area (Å²) in [4.78, 5) is 12.0. The SMILES string of the molecule is CCOC(=O)/C(C)=C(\O)c1cn(Cc2cc(C)cc(C(F)(F)F)c2)c2ccccc12. The van der Waals surface area contributed by atoms with Crippen molar-refractivity contribution in [2.75, 3.05) is 6.61 Å². The monoisotopic (exact) mass is 417 g/mol. The normalized spacial score (nSPS) is 12.7. The predicted molar refractivity (Wildman–Crippen MR) is 109 cm³/mol. The number of esters is 1. The Hall–Kier alpha value is -3.22. The molecule has 0 aliphatic rings. The molecule has 0 radical (unpaired) electrons. The summed E-state index contributed by atoms with van der Waals surface area (Å²) in [6.07, 6.45) is -2.79. The van der Waals surface area contributed by atoms with Gasteiger partial charge in [-0.3, -0.25) is 0 Å². The highest BCUT2D eigenvalue weighted by Crippen LogP contribution is 2.32. The molecule has 1 N–H and O–H groups in total. The number of aliphatic hydroxyl groups excluding tert-OH is 1. The Morgan fingerprint density at radius 3 is 2.53 bits per heavy atom. The number of aryl methyl sites for hydroxylation is 1. The third-order valence-corrected chi connectivity index (χ3v) is 4.80. The minimum atomic E-state index is -4.43. The molecule has 3 aromatic rings. The van der Waals surface area contributed by atoms with E-state index in [9.17, 15) is 23.1 Å². The quantitative estimate of drug-likeness (QED) is 0.321. The van der Waals surface area contributed by atoms with Gasteiger partial charge in [0.05, 0.1) is 17.7 Å². The number of alkyl halides is 3. The molecule has 0 amide bonds. The maximum Gasteiger partial charge on any atom is 0.416 e. The molecule has 30 heavy (non-hydrogen) atoms. The van der Waals surface area contributed by atoms with Crippen molar-refractivity contribution in [1.29, 1.82) is 0 Å². The van der Waals surface area contributed by atoms with Crippen molar-refractivity contribution < 1.29 is 27.8 Å². The number of benzene rings is 2. The van der Waals surface area contributed by atoms with E-state index in [2.05, 4.69) is 0 Å². The molecule has 7 heteroatoms. The molecule has 0 aliphatic heterocycles. The number of nitrogens with zero attached hydrogens (tertiary/aromatic N) is 1. The summed E-state index contributed by atoms with van der Waals surface area (Å²) in [6.45, 7) is 5.12. The van der Waals surface area contributed by atoms with Crippen LogP contribution in [0.5, 0.6) is 0 Å². The number of aliphatic hydroxyl groups is 1. The molecule has 0 saturated carbocycles.